The number of phenolic OH excluding ortho intramolecular Hbond substituents is 1. The number of rotatable bonds is 10. The molecule has 0 aromatic heterocycles. The monoisotopic (exact) mass is 325 g/mol. The highest BCUT2D eigenvalue weighted by molar-refractivity contribution is 6.32. The van der Waals surface area contributed by atoms with Crippen LogP contribution in [0.3, 0.4) is 0 Å². The fourth-order valence-corrected chi connectivity index (χ4v) is 3.50. The molecule has 2 nitrogen and oxygen atoms in total. The van der Waals surface area contributed by atoms with E-state index in [0.29, 0.717) is 11.6 Å². The van der Waals surface area contributed by atoms with Crippen LogP contribution < -0.4 is 5.73 Å². The van der Waals surface area contributed by atoms with Gasteiger partial charge in [-0.2, -0.15) is 0 Å². The summed E-state index contributed by atoms with van der Waals surface area (Å²) < 4.78 is 0. The van der Waals surface area contributed by atoms with Crippen molar-refractivity contribution in [3.8, 4) is 5.75 Å². The molecule has 0 amide bonds. The van der Waals surface area contributed by atoms with Gasteiger partial charge >= 0.3 is 0 Å². The van der Waals surface area contributed by atoms with E-state index in [-0.39, 0.29) is 5.75 Å². The second-order valence-corrected chi connectivity index (χ2v) is 6.64. The summed E-state index contributed by atoms with van der Waals surface area (Å²) in [5.41, 5.74) is 8.54. The summed E-state index contributed by atoms with van der Waals surface area (Å²) in [5, 5.41) is 11.0. The number of halogens is 1. The van der Waals surface area contributed by atoms with Gasteiger partial charge in [-0.1, -0.05) is 70.9 Å². The largest absolute Gasteiger partial charge is 0.505 e. The van der Waals surface area contributed by atoms with Gasteiger partial charge in [-0.3, -0.25) is 0 Å². The number of hydrogen-bond acceptors (Lipinski definition) is 2. The van der Waals surface area contributed by atoms with Gasteiger partial charge in [0.2, 0.25) is 0 Å². The van der Waals surface area contributed by atoms with Crippen LogP contribution in [-0.4, -0.2) is 5.11 Å². The Morgan fingerprint density at radius 1 is 1.05 bits per heavy atom. The molecule has 0 radical (unpaired) electrons. The van der Waals surface area contributed by atoms with Crippen molar-refractivity contribution in [2.24, 2.45) is 0 Å². The topological polar surface area (TPSA) is 46.2 Å². The van der Waals surface area contributed by atoms with Gasteiger partial charge < -0.3 is 10.8 Å². The van der Waals surface area contributed by atoms with E-state index < -0.39 is 0 Å². The summed E-state index contributed by atoms with van der Waals surface area (Å²) in [5.74, 6) is 0.595. The molecule has 1 atom stereocenters. The molecule has 0 bridgehead atoms. The Morgan fingerprint density at radius 3 is 2.27 bits per heavy atom. The van der Waals surface area contributed by atoms with E-state index in [4.69, 9.17) is 17.3 Å². The zero-order valence-electron chi connectivity index (χ0n) is 14.4. The maximum atomic E-state index is 10.3. The number of unbranched alkanes of at least 4 members (excludes halogenated alkanes) is 4. The average Bonchev–Trinajstić information content (AvgIpc) is 2.51. The summed E-state index contributed by atoms with van der Waals surface area (Å²) in [4.78, 5) is 0. The fraction of sp³-hybridized carbons (Fsp3) is 0.684. The molecule has 1 aromatic rings. The number of aryl methyl sites for hydroxylation is 1. The Bertz CT molecular complexity index is 459. The first-order chi connectivity index (χ1) is 10.6. The lowest BCUT2D eigenvalue weighted by Crippen LogP contribution is -2.06. The van der Waals surface area contributed by atoms with E-state index in [1.807, 2.05) is 13.0 Å². The summed E-state index contributed by atoms with van der Waals surface area (Å²) in [7, 11) is 0. The first-order valence-electron chi connectivity index (χ1n) is 8.86. The van der Waals surface area contributed by atoms with Gasteiger partial charge in [-0.15, -0.1) is 0 Å². The van der Waals surface area contributed by atoms with Gasteiger partial charge in [-0.05, 0) is 36.8 Å². The lowest BCUT2D eigenvalue weighted by Gasteiger charge is -2.22. The molecule has 0 saturated heterocycles. The molecular formula is C19H32ClNO. The van der Waals surface area contributed by atoms with Crippen LogP contribution in [0.25, 0.3) is 0 Å². The molecule has 0 fully saturated rings. The molecule has 0 heterocycles. The molecule has 0 aliphatic rings. The van der Waals surface area contributed by atoms with Crippen LogP contribution in [0.4, 0.5) is 5.69 Å². The smallest absolute Gasteiger partial charge is 0.142 e. The van der Waals surface area contributed by atoms with Crippen molar-refractivity contribution in [1.29, 1.82) is 0 Å². The fourth-order valence-electron chi connectivity index (χ4n) is 3.11. The number of nitrogens with two attached hydrogens (primary N) is 1. The van der Waals surface area contributed by atoms with Crippen LogP contribution in [0.2, 0.25) is 5.02 Å². The number of anilines is 1. The Kier molecular flexibility index (Phi) is 8.70. The minimum Gasteiger partial charge on any atom is -0.505 e. The zero-order valence-corrected chi connectivity index (χ0v) is 15.2. The van der Waals surface area contributed by atoms with Crippen LogP contribution in [0, 0.1) is 0 Å². The molecule has 0 spiro atoms. The Labute approximate surface area is 141 Å². The lowest BCUT2D eigenvalue weighted by atomic mass is 9.86. The number of hydrogen-bond donors (Lipinski definition) is 2. The molecule has 1 unspecified atom stereocenters. The summed E-state index contributed by atoms with van der Waals surface area (Å²) in [6.45, 7) is 6.44. The minimum atomic E-state index is 0.233. The first kappa shape index (κ1) is 19.2. The Morgan fingerprint density at radius 2 is 1.68 bits per heavy atom. The first-order valence-corrected chi connectivity index (χ1v) is 9.24. The Balaban J connectivity index is 2.99. The van der Waals surface area contributed by atoms with E-state index in [1.54, 1.807) is 0 Å². The lowest BCUT2D eigenvalue weighted by molar-refractivity contribution is 0.466. The highest BCUT2D eigenvalue weighted by Gasteiger charge is 2.21. The third kappa shape index (κ3) is 5.08. The van der Waals surface area contributed by atoms with Gasteiger partial charge in [0.05, 0.1) is 5.69 Å². The van der Waals surface area contributed by atoms with Crippen molar-refractivity contribution in [2.75, 3.05) is 5.73 Å². The predicted molar refractivity (Wildman–Crippen MR) is 97.9 cm³/mol. The van der Waals surface area contributed by atoms with Crippen molar-refractivity contribution >= 4 is 17.3 Å². The van der Waals surface area contributed by atoms with Gasteiger partial charge in [0.15, 0.2) is 0 Å². The normalized spacial score (nSPS) is 12.5. The summed E-state index contributed by atoms with van der Waals surface area (Å²) in [6.07, 6.45) is 10.3. The van der Waals surface area contributed by atoms with Crippen LogP contribution in [-0.2, 0) is 6.42 Å². The molecule has 126 valence electrons. The molecule has 0 aliphatic heterocycles. The van der Waals surface area contributed by atoms with Crippen LogP contribution in [0.5, 0.6) is 5.75 Å². The van der Waals surface area contributed by atoms with E-state index in [2.05, 4.69) is 13.8 Å². The second-order valence-electron chi connectivity index (χ2n) is 6.24. The van der Waals surface area contributed by atoms with E-state index in [0.717, 1.165) is 35.4 Å². The van der Waals surface area contributed by atoms with Crippen molar-refractivity contribution in [3.63, 3.8) is 0 Å². The van der Waals surface area contributed by atoms with Crippen molar-refractivity contribution in [2.45, 2.75) is 84.5 Å². The number of phenols is 1. The van der Waals surface area contributed by atoms with Crippen LogP contribution in [0.15, 0.2) is 6.07 Å². The highest BCUT2D eigenvalue weighted by Crippen LogP contribution is 2.42. The molecule has 22 heavy (non-hydrogen) atoms. The maximum absolute atomic E-state index is 10.3. The summed E-state index contributed by atoms with van der Waals surface area (Å²) in [6, 6.07) is 1.90. The maximum Gasteiger partial charge on any atom is 0.142 e. The SMILES string of the molecule is CCCCCCC(CCCC)c1c(Cl)cc(CC)c(O)c1N. The predicted octanol–water partition coefficient (Wildman–Crippen LogP) is 6.43. The van der Waals surface area contributed by atoms with Crippen LogP contribution >= 0.6 is 11.6 Å². The third-order valence-electron chi connectivity index (χ3n) is 4.51. The molecule has 3 heteroatoms. The van der Waals surface area contributed by atoms with Gasteiger partial charge in [-0.25, -0.2) is 0 Å². The second kappa shape index (κ2) is 9.99. The van der Waals surface area contributed by atoms with Gasteiger partial charge in [0.25, 0.3) is 0 Å². The number of aromatic hydroxyl groups is 1. The van der Waals surface area contributed by atoms with Crippen molar-refractivity contribution in [1.82, 2.24) is 0 Å². The zero-order chi connectivity index (χ0) is 16.5. The average molecular weight is 326 g/mol. The van der Waals surface area contributed by atoms with Crippen molar-refractivity contribution < 1.29 is 5.11 Å². The molecular weight excluding hydrogens is 294 g/mol. The molecule has 1 rings (SSSR count). The molecule has 3 N–H and O–H groups in total. The third-order valence-corrected chi connectivity index (χ3v) is 4.82. The van der Waals surface area contributed by atoms with E-state index in [1.165, 1.54) is 38.5 Å². The van der Waals surface area contributed by atoms with E-state index >= 15 is 0 Å². The molecule has 1 aromatic carbocycles. The number of benzene rings is 1. The molecule has 0 saturated carbocycles. The van der Waals surface area contributed by atoms with Gasteiger partial charge in [0, 0.05) is 10.6 Å². The van der Waals surface area contributed by atoms with E-state index in [9.17, 15) is 5.11 Å². The molecule has 0 aliphatic carbocycles. The Hall–Kier alpha value is -0.890. The standard InChI is InChI=1S/C19H32ClNO/c1-4-7-9-10-12-15(11-8-5-2)17-16(20)13-14(6-3)19(22)18(17)21/h13,15,22H,4-12,21H2,1-3H3. The highest BCUT2D eigenvalue weighted by atomic mass is 35.5. The quantitative estimate of drug-likeness (QED) is 0.295. The van der Waals surface area contributed by atoms with Gasteiger partial charge in [0.1, 0.15) is 5.75 Å². The summed E-state index contributed by atoms with van der Waals surface area (Å²) >= 11 is 6.51. The minimum absolute atomic E-state index is 0.233. The van der Waals surface area contributed by atoms with Crippen LogP contribution in [0.1, 0.15) is 89.2 Å². The van der Waals surface area contributed by atoms with Crippen molar-refractivity contribution in [3.05, 3.63) is 22.2 Å². The number of nitrogen functional groups attached to an aromatic ring is 1.